The van der Waals surface area contributed by atoms with Crippen molar-refractivity contribution in [3.63, 3.8) is 0 Å². The van der Waals surface area contributed by atoms with Gasteiger partial charge in [-0.2, -0.15) is 0 Å². The van der Waals surface area contributed by atoms with Crippen LogP contribution in [0.2, 0.25) is 0 Å². The van der Waals surface area contributed by atoms with Crippen molar-refractivity contribution in [3.05, 3.63) is 54.4 Å². The molecule has 0 spiro atoms. The van der Waals surface area contributed by atoms with Gasteiger partial charge in [0.15, 0.2) is 0 Å². The van der Waals surface area contributed by atoms with Crippen LogP contribution in [0, 0.1) is 0 Å². The third kappa shape index (κ3) is 4.91. The van der Waals surface area contributed by atoms with Gasteiger partial charge in [-0.25, -0.2) is 4.79 Å². The number of benzene rings is 1. The van der Waals surface area contributed by atoms with Gasteiger partial charge in [0, 0.05) is 31.9 Å². The molecule has 7 heteroatoms. The Hall–Kier alpha value is -2.64. The number of hydrogen-bond donors (Lipinski definition) is 4. The molecule has 7 nitrogen and oxygen atoms in total. The van der Waals surface area contributed by atoms with E-state index in [4.69, 9.17) is 5.21 Å². The van der Waals surface area contributed by atoms with Gasteiger partial charge in [0.1, 0.15) is 5.69 Å². The molecule has 0 unspecified atom stereocenters. The minimum absolute atomic E-state index is 0.152. The van der Waals surface area contributed by atoms with Gasteiger partial charge in [0.2, 0.25) is 0 Å². The number of urea groups is 1. The molecule has 1 aliphatic rings. The van der Waals surface area contributed by atoms with Gasteiger partial charge in [0.25, 0.3) is 0 Å². The van der Waals surface area contributed by atoms with Crippen LogP contribution in [0.25, 0.3) is 0 Å². The SMILES string of the molecule is O=C(Nc1ccncc1NO)NC1CCN(Cc2ccccc2)CC1. The van der Waals surface area contributed by atoms with Crippen LogP contribution < -0.4 is 16.1 Å². The van der Waals surface area contributed by atoms with Crippen LogP contribution in [-0.4, -0.2) is 40.3 Å². The fourth-order valence-corrected chi connectivity index (χ4v) is 3.01. The summed E-state index contributed by atoms with van der Waals surface area (Å²) in [5.41, 5.74) is 4.17. The number of aromatic nitrogens is 1. The molecule has 0 saturated carbocycles. The predicted molar refractivity (Wildman–Crippen MR) is 96.5 cm³/mol. The number of anilines is 2. The Morgan fingerprint density at radius 2 is 1.92 bits per heavy atom. The Labute approximate surface area is 147 Å². The van der Waals surface area contributed by atoms with Crippen molar-refractivity contribution in [3.8, 4) is 0 Å². The summed E-state index contributed by atoms with van der Waals surface area (Å²) in [4.78, 5) is 18.4. The lowest BCUT2D eigenvalue weighted by Crippen LogP contribution is -2.45. The zero-order valence-electron chi connectivity index (χ0n) is 14.0. The number of carbonyl (C=O) groups excluding carboxylic acids is 1. The van der Waals surface area contributed by atoms with Crippen molar-refractivity contribution in [1.29, 1.82) is 0 Å². The van der Waals surface area contributed by atoms with E-state index in [0.717, 1.165) is 32.5 Å². The summed E-state index contributed by atoms with van der Waals surface area (Å²) >= 11 is 0. The van der Waals surface area contributed by atoms with Crippen LogP contribution in [0.3, 0.4) is 0 Å². The van der Waals surface area contributed by atoms with Crippen molar-refractivity contribution >= 4 is 17.4 Å². The first-order chi connectivity index (χ1) is 12.2. The van der Waals surface area contributed by atoms with E-state index < -0.39 is 0 Å². The topological polar surface area (TPSA) is 89.5 Å². The highest BCUT2D eigenvalue weighted by molar-refractivity contribution is 5.92. The standard InChI is InChI=1S/C18H23N5O2/c24-18(21-16-6-9-19-12-17(16)22-25)20-15-7-10-23(11-8-15)13-14-4-2-1-3-5-14/h1-6,9,12,15,22,25H,7-8,10-11,13H2,(H2,19,20,21,24). The average Bonchev–Trinajstić information content (AvgIpc) is 2.64. The molecular weight excluding hydrogens is 318 g/mol. The molecule has 1 fully saturated rings. The minimum Gasteiger partial charge on any atom is -0.335 e. The van der Waals surface area contributed by atoms with Crippen molar-refractivity contribution in [2.45, 2.75) is 25.4 Å². The highest BCUT2D eigenvalue weighted by Crippen LogP contribution is 2.19. The number of piperidine rings is 1. The molecule has 1 aromatic heterocycles. The fourth-order valence-electron chi connectivity index (χ4n) is 3.01. The molecule has 1 aromatic carbocycles. The number of amides is 2. The van der Waals surface area contributed by atoms with Gasteiger partial charge in [0.05, 0.1) is 11.9 Å². The fraction of sp³-hybridized carbons (Fsp3) is 0.333. The minimum atomic E-state index is -0.274. The van der Waals surface area contributed by atoms with E-state index in [1.807, 2.05) is 11.5 Å². The van der Waals surface area contributed by atoms with Crippen LogP contribution in [0.1, 0.15) is 18.4 Å². The highest BCUT2D eigenvalue weighted by Gasteiger charge is 2.21. The Bertz CT molecular complexity index is 687. The maximum Gasteiger partial charge on any atom is 0.319 e. The third-order valence-corrected chi connectivity index (χ3v) is 4.36. The van der Waals surface area contributed by atoms with E-state index in [-0.39, 0.29) is 12.1 Å². The summed E-state index contributed by atoms with van der Waals surface area (Å²) in [6.07, 6.45) is 4.83. The summed E-state index contributed by atoms with van der Waals surface area (Å²) in [7, 11) is 0. The van der Waals surface area contributed by atoms with Gasteiger partial charge in [-0.1, -0.05) is 30.3 Å². The lowest BCUT2D eigenvalue weighted by Gasteiger charge is -2.32. The maximum absolute atomic E-state index is 12.2. The van der Waals surface area contributed by atoms with Gasteiger partial charge < -0.3 is 10.6 Å². The first-order valence-corrected chi connectivity index (χ1v) is 8.42. The molecule has 25 heavy (non-hydrogen) atoms. The van der Waals surface area contributed by atoms with E-state index in [9.17, 15) is 4.79 Å². The molecule has 0 atom stereocenters. The second-order valence-corrected chi connectivity index (χ2v) is 6.17. The third-order valence-electron chi connectivity index (χ3n) is 4.36. The maximum atomic E-state index is 12.2. The normalized spacial score (nSPS) is 15.6. The van der Waals surface area contributed by atoms with E-state index in [2.05, 4.69) is 44.8 Å². The summed E-state index contributed by atoms with van der Waals surface area (Å²) in [5, 5.41) is 14.8. The first kappa shape index (κ1) is 17.2. The quantitative estimate of drug-likeness (QED) is 0.628. The zero-order valence-corrected chi connectivity index (χ0v) is 14.0. The second kappa shape index (κ2) is 8.46. The molecule has 2 aromatic rings. The summed E-state index contributed by atoms with van der Waals surface area (Å²) in [6, 6.07) is 11.9. The Morgan fingerprint density at radius 3 is 2.64 bits per heavy atom. The number of likely N-dealkylation sites (tertiary alicyclic amines) is 1. The first-order valence-electron chi connectivity index (χ1n) is 8.42. The van der Waals surface area contributed by atoms with Crippen LogP contribution in [0.15, 0.2) is 48.8 Å². The van der Waals surface area contributed by atoms with Crippen molar-refractivity contribution < 1.29 is 10.0 Å². The van der Waals surface area contributed by atoms with E-state index in [1.54, 1.807) is 12.3 Å². The zero-order chi connectivity index (χ0) is 17.5. The molecule has 0 radical (unpaired) electrons. The van der Waals surface area contributed by atoms with Crippen LogP contribution in [-0.2, 0) is 6.54 Å². The molecule has 4 N–H and O–H groups in total. The van der Waals surface area contributed by atoms with Crippen molar-refractivity contribution in [2.75, 3.05) is 23.9 Å². The lowest BCUT2D eigenvalue weighted by molar-refractivity contribution is 0.190. The van der Waals surface area contributed by atoms with Gasteiger partial charge >= 0.3 is 6.03 Å². The highest BCUT2D eigenvalue weighted by atomic mass is 16.5. The number of nitrogens with zero attached hydrogens (tertiary/aromatic N) is 2. The Kier molecular flexibility index (Phi) is 5.81. The number of pyridine rings is 1. The molecule has 1 saturated heterocycles. The molecule has 0 aliphatic carbocycles. The second-order valence-electron chi connectivity index (χ2n) is 6.17. The summed E-state index contributed by atoms with van der Waals surface area (Å²) < 4.78 is 0. The van der Waals surface area contributed by atoms with Crippen molar-refractivity contribution in [1.82, 2.24) is 15.2 Å². The largest absolute Gasteiger partial charge is 0.335 e. The van der Waals surface area contributed by atoms with Gasteiger partial charge in [-0.15, -0.1) is 0 Å². The predicted octanol–water partition coefficient (Wildman–Crippen LogP) is 2.67. The number of hydrogen-bond acceptors (Lipinski definition) is 5. The summed E-state index contributed by atoms with van der Waals surface area (Å²) in [5.74, 6) is 0. The Balaban J connectivity index is 1.45. The smallest absolute Gasteiger partial charge is 0.319 e. The number of rotatable bonds is 5. The van der Waals surface area contributed by atoms with Crippen LogP contribution in [0.5, 0.6) is 0 Å². The van der Waals surface area contributed by atoms with Crippen molar-refractivity contribution in [2.24, 2.45) is 0 Å². The van der Waals surface area contributed by atoms with E-state index in [0.29, 0.717) is 11.4 Å². The average molecular weight is 341 g/mol. The molecule has 1 aliphatic heterocycles. The van der Waals surface area contributed by atoms with Gasteiger partial charge in [-0.05, 0) is 24.5 Å². The number of nitrogens with one attached hydrogen (secondary N) is 3. The van der Waals surface area contributed by atoms with Crippen LogP contribution in [0.4, 0.5) is 16.2 Å². The molecule has 2 heterocycles. The molecule has 132 valence electrons. The molecule has 3 rings (SSSR count). The van der Waals surface area contributed by atoms with Gasteiger partial charge in [-0.3, -0.25) is 20.6 Å². The Morgan fingerprint density at radius 1 is 1.16 bits per heavy atom. The molecule has 2 amide bonds. The monoisotopic (exact) mass is 341 g/mol. The summed E-state index contributed by atoms with van der Waals surface area (Å²) in [6.45, 7) is 2.86. The lowest BCUT2D eigenvalue weighted by atomic mass is 10.0. The number of carbonyl (C=O) groups is 1. The molecule has 0 bridgehead atoms. The molecular formula is C18H23N5O2. The van der Waals surface area contributed by atoms with E-state index >= 15 is 0 Å². The van der Waals surface area contributed by atoms with E-state index in [1.165, 1.54) is 11.8 Å². The van der Waals surface area contributed by atoms with Crippen LogP contribution >= 0.6 is 0 Å².